The molecule has 0 aliphatic heterocycles. The molecule has 0 aliphatic rings. The third-order valence-corrected chi connectivity index (χ3v) is 7.95. The minimum Gasteiger partial charge on any atom is -0.396 e. The van der Waals surface area contributed by atoms with Gasteiger partial charge in [0, 0.05) is 0 Å². The summed E-state index contributed by atoms with van der Waals surface area (Å²) in [6.07, 6.45) is 0. The Labute approximate surface area is 243 Å². The van der Waals surface area contributed by atoms with Crippen molar-refractivity contribution in [3.05, 3.63) is 0 Å². The largest absolute Gasteiger partial charge is 0.470 e. The Hall–Kier alpha value is 0.120. The molecule has 28 heteroatoms. The predicted molar refractivity (Wildman–Crippen MR) is 136 cm³/mol. The van der Waals surface area contributed by atoms with Gasteiger partial charge in [0.2, 0.25) is 0 Å². The lowest BCUT2D eigenvalue weighted by atomic mass is 9.92. The summed E-state index contributed by atoms with van der Waals surface area (Å²) < 4.78 is 54.1. The van der Waals surface area contributed by atoms with Crippen LogP contribution in [0.4, 0.5) is 0 Å². The Morgan fingerprint density at radius 1 is 0.442 bits per heavy atom. The number of aliphatic hydroxyl groups is 9. The number of rotatable bonds is 19. The van der Waals surface area contributed by atoms with Gasteiger partial charge in [-0.2, -0.15) is 0 Å². The zero-order chi connectivity index (χ0) is 35.0. The summed E-state index contributed by atoms with van der Waals surface area (Å²) in [4.78, 5) is 68.0. The SMILES string of the molecule is O=P(O)(O)OC(C(CO)(CO)CO)P(=O)(O)O.O=P(O)(O)OCC(CO)(CO)CO.O=P(O)(O)OCC(CO)(CO)CO. The first-order valence-corrected chi connectivity index (χ1v) is 17.2. The molecule has 0 aromatic rings. The van der Waals surface area contributed by atoms with Crippen molar-refractivity contribution < 1.29 is 117 Å². The smallest absolute Gasteiger partial charge is 0.396 e. The fourth-order valence-electron chi connectivity index (χ4n) is 2.06. The van der Waals surface area contributed by atoms with E-state index in [-0.39, 0.29) is 0 Å². The first-order valence-electron chi connectivity index (χ1n) is 11.0. The monoisotopic (exact) mass is 728 g/mol. The van der Waals surface area contributed by atoms with Crippen LogP contribution in [0.1, 0.15) is 0 Å². The lowest BCUT2D eigenvalue weighted by molar-refractivity contribution is -0.0567. The Morgan fingerprint density at radius 3 is 0.837 bits per heavy atom. The van der Waals surface area contributed by atoms with E-state index in [9.17, 15) is 18.3 Å². The predicted octanol–water partition coefficient (Wildman–Crippen LogP) is -6.32. The van der Waals surface area contributed by atoms with Crippen LogP contribution in [0.5, 0.6) is 0 Å². The molecular weight excluding hydrogens is 688 g/mol. The van der Waals surface area contributed by atoms with Gasteiger partial charge in [-0.3, -0.25) is 18.1 Å². The lowest BCUT2D eigenvalue weighted by Gasteiger charge is -2.35. The fraction of sp³-hybridized carbons (Fsp3) is 1.00. The van der Waals surface area contributed by atoms with Gasteiger partial charge < -0.3 is 85.1 Å². The van der Waals surface area contributed by atoms with Crippen molar-refractivity contribution in [1.29, 1.82) is 0 Å². The molecule has 17 N–H and O–H groups in total. The highest BCUT2D eigenvalue weighted by atomic mass is 31.2. The van der Waals surface area contributed by atoms with Crippen LogP contribution in [-0.4, -0.2) is 164 Å². The molecule has 1 unspecified atom stereocenters. The summed E-state index contributed by atoms with van der Waals surface area (Å²) in [5.74, 6) is -2.53. The summed E-state index contributed by atoms with van der Waals surface area (Å²) in [6.45, 7) is -8.40. The third-order valence-electron chi connectivity index (χ3n) is 5.10. The number of hydrogen-bond acceptors (Lipinski definition) is 16. The Bertz CT molecular complexity index is 858. The average Bonchev–Trinajstić information content (AvgIpc) is 2.90. The number of hydrogen-bond donors (Lipinski definition) is 17. The summed E-state index contributed by atoms with van der Waals surface area (Å²) >= 11 is 0. The van der Waals surface area contributed by atoms with Crippen LogP contribution in [0, 0.1) is 16.2 Å². The first kappa shape index (κ1) is 47.5. The minimum absolute atomic E-state index is 0.610. The van der Waals surface area contributed by atoms with E-state index in [0.717, 1.165) is 0 Å². The molecule has 0 amide bonds. The summed E-state index contributed by atoms with van der Waals surface area (Å²) in [5, 5.41) is 79.1. The zero-order valence-electron chi connectivity index (χ0n) is 22.1. The van der Waals surface area contributed by atoms with Crippen LogP contribution in [0.15, 0.2) is 0 Å². The fourth-order valence-corrected chi connectivity index (χ4v) is 5.25. The van der Waals surface area contributed by atoms with Gasteiger partial charge in [-0.05, 0) is 0 Å². The van der Waals surface area contributed by atoms with Crippen LogP contribution in [0.3, 0.4) is 0 Å². The van der Waals surface area contributed by atoms with E-state index >= 15 is 0 Å². The molecule has 0 rings (SSSR count). The van der Waals surface area contributed by atoms with Crippen molar-refractivity contribution in [2.45, 2.75) is 5.85 Å². The maximum absolute atomic E-state index is 11.0. The topological polar surface area (TPSA) is 440 Å². The molecular formula is C15H40O24P4. The molecule has 264 valence electrons. The van der Waals surface area contributed by atoms with Gasteiger partial charge >= 0.3 is 31.1 Å². The van der Waals surface area contributed by atoms with Gasteiger partial charge in [-0.1, -0.05) is 0 Å². The van der Waals surface area contributed by atoms with Crippen molar-refractivity contribution in [1.82, 2.24) is 0 Å². The molecule has 0 saturated heterocycles. The van der Waals surface area contributed by atoms with Gasteiger partial charge in [0.05, 0.1) is 88.9 Å². The zero-order valence-corrected chi connectivity index (χ0v) is 25.7. The molecule has 24 nitrogen and oxygen atoms in total. The highest BCUT2D eigenvalue weighted by Gasteiger charge is 2.51. The van der Waals surface area contributed by atoms with Crippen molar-refractivity contribution >= 4 is 31.1 Å². The normalized spacial score (nSPS) is 14.3. The van der Waals surface area contributed by atoms with Crippen molar-refractivity contribution in [2.24, 2.45) is 16.2 Å². The summed E-state index contributed by atoms with van der Waals surface area (Å²) in [5.41, 5.74) is -5.11. The number of phosphoric ester groups is 3. The van der Waals surface area contributed by atoms with Crippen LogP contribution in [0.2, 0.25) is 0 Å². The molecule has 0 radical (unpaired) electrons. The molecule has 0 fully saturated rings. The molecule has 0 aromatic heterocycles. The minimum atomic E-state index is -5.28. The second-order valence-corrected chi connectivity index (χ2v) is 14.2. The quantitative estimate of drug-likeness (QED) is 0.0550. The highest BCUT2D eigenvalue weighted by Crippen LogP contribution is 2.56. The summed E-state index contributed by atoms with van der Waals surface area (Å²) in [7, 11) is -19.8. The Morgan fingerprint density at radius 2 is 0.698 bits per heavy atom. The van der Waals surface area contributed by atoms with E-state index < -0.39 is 126 Å². The van der Waals surface area contributed by atoms with Crippen LogP contribution in [0.25, 0.3) is 0 Å². The third kappa shape index (κ3) is 20.1. The van der Waals surface area contributed by atoms with E-state index in [0.29, 0.717) is 0 Å². The van der Waals surface area contributed by atoms with Gasteiger partial charge in [-0.25, -0.2) is 13.7 Å². The lowest BCUT2D eigenvalue weighted by Crippen LogP contribution is -2.46. The second kappa shape index (κ2) is 20.4. The molecule has 0 saturated carbocycles. The van der Waals surface area contributed by atoms with Crippen molar-refractivity contribution in [3.8, 4) is 0 Å². The van der Waals surface area contributed by atoms with Crippen molar-refractivity contribution in [2.75, 3.05) is 72.7 Å². The van der Waals surface area contributed by atoms with E-state index in [1.54, 1.807) is 0 Å². The molecule has 1 atom stereocenters. The molecule has 43 heavy (non-hydrogen) atoms. The van der Waals surface area contributed by atoms with Gasteiger partial charge in [0.15, 0.2) is 5.85 Å². The number of aliphatic hydroxyl groups excluding tert-OH is 9. The molecule has 0 spiro atoms. The van der Waals surface area contributed by atoms with E-state index in [1.165, 1.54) is 0 Å². The maximum atomic E-state index is 11.0. The van der Waals surface area contributed by atoms with Gasteiger partial charge in [0.25, 0.3) is 0 Å². The van der Waals surface area contributed by atoms with E-state index in [2.05, 4.69) is 13.6 Å². The van der Waals surface area contributed by atoms with Gasteiger partial charge in [-0.15, -0.1) is 0 Å². The van der Waals surface area contributed by atoms with Gasteiger partial charge in [0.1, 0.15) is 0 Å². The molecule has 0 aliphatic carbocycles. The number of phosphoric acid groups is 3. The standard InChI is InChI=1S/C5H14O10P2.2C5H13O7P/c6-1-5(2-7,3-8)4(16(9,10)11)15-17(12,13)14;2*6-1-5(2-7,3-8)4-12-13(9,10)11/h4,6-8H,1-3H2,(H2,9,10,11)(H2,12,13,14);2*6-8H,1-4H2,(H2,9,10,11). The highest BCUT2D eigenvalue weighted by molar-refractivity contribution is 7.54. The Balaban J connectivity index is -0.000000566. The van der Waals surface area contributed by atoms with Crippen LogP contribution >= 0.6 is 31.1 Å². The van der Waals surface area contributed by atoms with E-state index in [1.807, 2.05) is 0 Å². The van der Waals surface area contributed by atoms with Crippen LogP contribution in [-0.2, 0) is 31.8 Å². The second-order valence-electron chi connectivity index (χ2n) is 8.85. The van der Waals surface area contributed by atoms with E-state index in [4.69, 9.17) is 85.1 Å². The van der Waals surface area contributed by atoms with Crippen molar-refractivity contribution in [3.63, 3.8) is 0 Å². The molecule has 0 aromatic carbocycles. The molecule has 0 bridgehead atoms. The molecule has 0 heterocycles. The maximum Gasteiger partial charge on any atom is 0.470 e. The Kier molecular flexibility index (Phi) is 22.5. The average molecular weight is 728 g/mol. The summed E-state index contributed by atoms with van der Waals surface area (Å²) in [6, 6.07) is 0. The first-order chi connectivity index (χ1) is 19.3. The van der Waals surface area contributed by atoms with Crippen LogP contribution < -0.4 is 0 Å².